The Morgan fingerprint density at radius 3 is 2.39 bits per heavy atom. The Morgan fingerprint density at radius 1 is 1.22 bits per heavy atom. The van der Waals surface area contributed by atoms with Crippen molar-refractivity contribution in [3.63, 3.8) is 0 Å². The van der Waals surface area contributed by atoms with Gasteiger partial charge in [0.05, 0.1) is 12.7 Å². The van der Waals surface area contributed by atoms with Gasteiger partial charge in [-0.05, 0) is 30.5 Å². The summed E-state index contributed by atoms with van der Waals surface area (Å²) in [5.74, 6) is 1.28. The SMILES string of the molecule is CCC(O)(CC)COc1ccc(CN)cc1OC. The van der Waals surface area contributed by atoms with E-state index in [2.05, 4.69) is 0 Å². The molecule has 0 aromatic heterocycles. The molecule has 1 aromatic rings. The number of nitrogens with two attached hydrogens (primary N) is 1. The number of hydrogen-bond acceptors (Lipinski definition) is 4. The highest BCUT2D eigenvalue weighted by molar-refractivity contribution is 5.42. The summed E-state index contributed by atoms with van der Waals surface area (Å²) in [5.41, 5.74) is 5.78. The molecule has 1 aromatic carbocycles. The van der Waals surface area contributed by atoms with Crippen molar-refractivity contribution in [2.75, 3.05) is 13.7 Å². The molecule has 4 nitrogen and oxygen atoms in total. The summed E-state index contributed by atoms with van der Waals surface area (Å²) in [6.45, 7) is 4.62. The summed E-state index contributed by atoms with van der Waals surface area (Å²) in [7, 11) is 1.59. The summed E-state index contributed by atoms with van der Waals surface area (Å²) in [6.07, 6.45) is 1.32. The van der Waals surface area contributed by atoms with Crippen LogP contribution in [-0.2, 0) is 6.54 Å². The molecule has 0 unspecified atom stereocenters. The summed E-state index contributed by atoms with van der Waals surface area (Å²) < 4.78 is 10.9. The largest absolute Gasteiger partial charge is 0.493 e. The number of methoxy groups -OCH3 is 1. The molecule has 0 aliphatic carbocycles. The van der Waals surface area contributed by atoms with E-state index in [1.54, 1.807) is 7.11 Å². The van der Waals surface area contributed by atoms with Crippen LogP contribution in [0, 0.1) is 0 Å². The van der Waals surface area contributed by atoms with Crippen LogP contribution in [0.1, 0.15) is 32.3 Å². The van der Waals surface area contributed by atoms with Crippen molar-refractivity contribution in [1.82, 2.24) is 0 Å². The summed E-state index contributed by atoms with van der Waals surface area (Å²) in [5, 5.41) is 10.2. The van der Waals surface area contributed by atoms with E-state index in [1.165, 1.54) is 0 Å². The minimum absolute atomic E-state index is 0.262. The Balaban J connectivity index is 2.78. The maximum Gasteiger partial charge on any atom is 0.161 e. The van der Waals surface area contributed by atoms with E-state index in [0.717, 1.165) is 5.56 Å². The van der Waals surface area contributed by atoms with Crippen LogP contribution in [-0.4, -0.2) is 24.4 Å². The molecule has 102 valence electrons. The number of aliphatic hydroxyl groups is 1. The zero-order chi connectivity index (χ0) is 13.6. The van der Waals surface area contributed by atoms with Gasteiger partial charge in [-0.3, -0.25) is 0 Å². The lowest BCUT2D eigenvalue weighted by molar-refractivity contribution is -0.0119. The molecular weight excluding hydrogens is 230 g/mol. The summed E-state index contributed by atoms with van der Waals surface area (Å²) in [6, 6.07) is 5.58. The van der Waals surface area contributed by atoms with E-state index in [9.17, 15) is 5.11 Å². The van der Waals surface area contributed by atoms with Gasteiger partial charge in [0, 0.05) is 6.54 Å². The van der Waals surface area contributed by atoms with Gasteiger partial charge in [-0.1, -0.05) is 19.9 Å². The highest BCUT2D eigenvalue weighted by atomic mass is 16.5. The fraction of sp³-hybridized carbons (Fsp3) is 0.571. The molecule has 0 atom stereocenters. The first kappa shape index (κ1) is 14.8. The highest BCUT2D eigenvalue weighted by Crippen LogP contribution is 2.29. The van der Waals surface area contributed by atoms with E-state index in [0.29, 0.717) is 30.9 Å². The average molecular weight is 253 g/mol. The van der Waals surface area contributed by atoms with Crippen LogP contribution in [0.25, 0.3) is 0 Å². The molecule has 0 saturated heterocycles. The molecular formula is C14H23NO3. The Morgan fingerprint density at radius 2 is 1.89 bits per heavy atom. The second-order valence-corrected chi connectivity index (χ2v) is 4.41. The molecule has 4 heteroatoms. The van der Waals surface area contributed by atoms with Crippen molar-refractivity contribution in [2.45, 2.75) is 38.8 Å². The zero-order valence-corrected chi connectivity index (χ0v) is 11.4. The monoisotopic (exact) mass is 253 g/mol. The van der Waals surface area contributed by atoms with E-state index in [4.69, 9.17) is 15.2 Å². The minimum Gasteiger partial charge on any atom is -0.493 e. The van der Waals surface area contributed by atoms with E-state index >= 15 is 0 Å². The molecule has 0 amide bonds. The lowest BCUT2D eigenvalue weighted by Crippen LogP contribution is -2.34. The topological polar surface area (TPSA) is 64.7 Å². The van der Waals surface area contributed by atoms with Crippen molar-refractivity contribution in [3.8, 4) is 11.5 Å². The fourth-order valence-corrected chi connectivity index (χ4v) is 1.62. The van der Waals surface area contributed by atoms with Crippen LogP contribution in [0.2, 0.25) is 0 Å². The Hall–Kier alpha value is -1.26. The number of rotatable bonds is 7. The van der Waals surface area contributed by atoms with Gasteiger partial charge in [0.25, 0.3) is 0 Å². The van der Waals surface area contributed by atoms with Crippen LogP contribution in [0.15, 0.2) is 18.2 Å². The van der Waals surface area contributed by atoms with E-state index < -0.39 is 5.60 Å². The van der Waals surface area contributed by atoms with Crippen LogP contribution >= 0.6 is 0 Å². The number of hydrogen-bond donors (Lipinski definition) is 2. The second-order valence-electron chi connectivity index (χ2n) is 4.41. The first-order valence-corrected chi connectivity index (χ1v) is 6.30. The molecule has 0 spiro atoms. The average Bonchev–Trinajstić information content (AvgIpc) is 2.44. The minimum atomic E-state index is -0.780. The van der Waals surface area contributed by atoms with Gasteiger partial charge in [-0.15, -0.1) is 0 Å². The Kier molecular flexibility index (Phi) is 5.44. The van der Waals surface area contributed by atoms with E-state index in [1.807, 2.05) is 32.0 Å². The Labute approximate surface area is 109 Å². The lowest BCUT2D eigenvalue weighted by atomic mass is 9.99. The summed E-state index contributed by atoms with van der Waals surface area (Å²) in [4.78, 5) is 0. The van der Waals surface area contributed by atoms with Crippen LogP contribution in [0.3, 0.4) is 0 Å². The van der Waals surface area contributed by atoms with Gasteiger partial charge in [0.1, 0.15) is 6.61 Å². The van der Waals surface area contributed by atoms with Crippen molar-refractivity contribution < 1.29 is 14.6 Å². The first-order valence-electron chi connectivity index (χ1n) is 6.30. The van der Waals surface area contributed by atoms with Crippen molar-refractivity contribution in [2.24, 2.45) is 5.73 Å². The van der Waals surface area contributed by atoms with Gasteiger partial charge in [0.15, 0.2) is 11.5 Å². The number of ether oxygens (including phenoxy) is 2. The fourth-order valence-electron chi connectivity index (χ4n) is 1.62. The predicted octanol–water partition coefficient (Wildman–Crippen LogP) is 2.08. The van der Waals surface area contributed by atoms with Crippen molar-refractivity contribution in [3.05, 3.63) is 23.8 Å². The molecule has 0 aliphatic rings. The third-order valence-electron chi connectivity index (χ3n) is 3.28. The quantitative estimate of drug-likeness (QED) is 0.781. The van der Waals surface area contributed by atoms with Crippen molar-refractivity contribution in [1.29, 1.82) is 0 Å². The van der Waals surface area contributed by atoms with Crippen LogP contribution in [0.4, 0.5) is 0 Å². The van der Waals surface area contributed by atoms with Gasteiger partial charge < -0.3 is 20.3 Å². The maximum absolute atomic E-state index is 10.2. The highest BCUT2D eigenvalue weighted by Gasteiger charge is 2.23. The molecule has 3 N–H and O–H groups in total. The van der Waals surface area contributed by atoms with Gasteiger partial charge >= 0.3 is 0 Å². The number of benzene rings is 1. The van der Waals surface area contributed by atoms with Gasteiger partial charge in [-0.2, -0.15) is 0 Å². The Bertz CT molecular complexity index is 375. The van der Waals surface area contributed by atoms with Crippen LogP contribution < -0.4 is 15.2 Å². The molecule has 0 bridgehead atoms. The molecule has 0 fully saturated rings. The standard InChI is InChI=1S/C14H23NO3/c1-4-14(16,5-2)10-18-12-7-6-11(9-15)8-13(12)17-3/h6-8,16H,4-5,9-10,15H2,1-3H3. The van der Waals surface area contributed by atoms with Gasteiger partial charge in [0.2, 0.25) is 0 Å². The molecule has 0 radical (unpaired) electrons. The maximum atomic E-state index is 10.2. The van der Waals surface area contributed by atoms with Gasteiger partial charge in [-0.25, -0.2) is 0 Å². The molecule has 18 heavy (non-hydrogen) atoms. The molecule has 0 heterocycles. The second kappa shape index (κ2) is 6.61. The lowest BCUT2D eigenvalue weighted by Gasteiger charge is -2.25. The molecule has 0 saturated carbocycles. The summed E-state index contributed by atoms with van der Waals surface area (Å²) >= 11 is 0. The zero-order valence-electron chi connectivity index (χ0n) is 11.4. The first-order chi connectivity index (χ1) is 8.58. The van der Waals surface area contributed by atoms with Crippen LogP contribution in [0.5, 0.6) is 11.5 Å². The molecule has 1 rings (SSSR count). The predicted molar refractivity (Wildman–Crippen MR) is 71.9 cm³/mol. The smallest absolute Gasteiger partial charge is 0.161 e. The third kappa shape index (κ3) is 3.62. The van der Waals surface area contributed by atoms with E-state index in [-0.39, 0.29) is 6.61 Å². The molecule has 0 aliphatic heterocycles. The normalized spacial score (nSPS) is 11.4. The van der Waals surface area contributed by atoms with Crippen molar-refractivity contribution >= 4 is 0 Å². The third-order valence-corrected chi connectivity index (χ3v) is 3.28.